The molecule has 0 unspecified atom stereocenters. The zero-order chi connectivity index (χ0) is 18.3. The van der Waals surface area contributed by atoms with E-state index in [1.165, 1.54) is 0 Å². The zero-order valence-electron chi connectivity index (χ0n) is 15.0. The Morgan fingerprint density at radius 1 is 1.19 bits per heavy atom. The molecule has 26 heavy (non-hydrogen) atoms. The molecule has 0 bridgehead atoms. The van der Waals surface area contributed by atoms with Crippen molar-refractivity contribution in [3.05, 3.63) is 69.5 Å². The first kappa shape index (κ1) is 16.4. The summed E-state index contributed by atoms with van der Waals surface area (Å²) in [7, 11) is 0. The Morgan fingerprint density at radius 2 is 2.04 bits per heavy atom. The maximum Gasteiger partial charge on any atom is 0.258 e. The lowest BCUT2D eigenvalue weighted by atomic mass is 10.0. The highest BCUT2D eigenvalue weighted by atomic mass is 16.5. The van der Waals surface area contributed by atoms with Gasteiger partial charge in [0.05, 0.1) is 11.7 Å². The van der Waals surface area contributed by atoms with E-state index in [9.17, 15) is 4.79 Å². The van der Waals surface area contributed by atoms with Crippen molar-refractivity contribution >= 4 is 0 Å². The number of benzene rings is 2. The van der Waals surface area contributed by atoms with Crippen LogP contribution < -0.4 is 15.0 Å². The largest absolute Gasteiger partial charge is 0.491 e. The summed E-state index contributed by atoms with van der Waals surface area (Å²) in [4.78, 5) is 20.0. The third-order valence-corrected chi connectivity index (χ3v) is 4.25. The maximum atomic E-state index is 12.6. The number of hydrogen-bond donors (Lipinski definition) is 1. The van der Waals surface area contributed by atoms with Crippen LogP contribution in [-0.4, -0.2) is 16.1 Å². The van der Waals surface area contributed by atoms with Crippen LogP contribution in [0.5, 0.6) is 17.4 Å². The minimum absolute atomic E-state index is 0.0732. The van der Waals surface area contributed by atoms with E-state index in [-0.39, 0.29) is 11.7 Å². The average Bonchev–Trinajstić information content (AvgIpc) is 2.60. The van der Waals surface area contributed by atoms with Crippen LogP contribution in [0.25, 0.3) is 11.4 Å². The molecule has 0 radical (unpaired) electrons. The summed E-state index contributed by atoms with van der Waals surface area (Å²) in [5.74, 6) is 2.33. The van der Waals surface area contributed by atoms with E-state index >= 15 is 0 Å². The van der Waals surface area contributed by atoms with E-state index in [4.69, 9.17) is 9.47 Å². The topological polar surface area (TPSA) is 64.2 Å². The summed E-state index contributed by atoms with van der Waals surface area (Å²) in [5.41, 5.74) is 3.30. The van der Waals surface area contributed by atoms with E-state index in [1.54, 1.807) is 0 Å². The van der Waals surface area contributed by atoms with Gasteiger partial charge in [0, 0.05) is 12.0 Å². The number of aromatic nitrogens is 2. The Bertz CT molecular complexity index is 1040. The number of aromatic amines is 1. The second kappa shape index (κ2) is 6.33. The summed E-state index contributed by atoms with van der Waals surface area (Å²) in [6, 6.07) is 13.5. The van der Waals surface area contributed by atoms with Gasteiger partial charge < -0.3 is 14.5 Å². The van der Waals surface area contributed by atoms with Gasteiger partial charge in [0.15, 0.2) is 0 Å². The van der Waals surface area contributed by atoms with Crippen molar-refractivity contribution in [1.82, 2.24) is 9.97 Å². The lowest BCUT2D eigenvalue weighted by Crippen LogP contribution is -2.20. The van der Waals surface area contributed by atoms with E-state index in [1.807, 2.05) is 63.2 Å². The SMILES string of the molecule is Cc1ccc2c(c1)Cc1c(nc(-c3cccc(OC(C)C)c3)[nH]c1=O)O2. The highest BCUT2D eigenvalue weighted by molar-refractivity contribution is 5.59. The fourth-order valence-electron chi connectivity index (χ4n) is 3.08. The van der Waals surface area contributed by atoms with Crippen LogP contribution in [0.4, 0.5) is 0 Å². The van der Waals surface area contributed by atoms with E-state index in [0.29, 0.717) is 23.7 Å². The van der Waals surface area contributed by atoms with Crippen LogP contribution in [0, 0.1) is 6.92 Å². The molecule has 0 aliphatic carbocycles. The molecule has 1 aromatic heterocycles. The third kappa shape index (κ3) is 3.08. The van der Waals surface area contributed by atoms with Gasteiger partial charge in [-0.15, -0.1) is 0 Å². The number of ether oxygens (including phenoxy) is 2. The minimum atomic E-state index is -0.174. The smallest absolute Gasteiger partial charge is 0.258 e. The molecule has 0 spiro atoms. The Kier molecular flexibility index (Phi) is 3.99. The first-order chi connectivity index (χ1) is 12.5. The van der Waals surface area contributed by atoms with Gasteiger partial charge in [0.2, 0.25) is 5.88 Å². The van der Waals surface area contributed by atoms with Gasteiger partial charge in [-0.1, -0.05) is 29.8 Å². The van der Waals surface area contributed by atoms with Gasteiger partial charge in [0.25, 0.3) is 5.56 Å². The van der Waals surface area contributed by atoms with Crippen LogP contribution in [0.1, 0.15) is 30.5 Å². The van der Waals surface area contributed by atoms with Crippen LogP contribution >= 0.6 is 0 Å². The molecule has 5 heteroatoms. The quantitative estimate of drug-likeness (QED) is 0.602. The van der Waals surface area contributed by atoms with Crippen LogP contribution in [0.2, 0.25) is 0 Å². The van der Waals surface area contributed by atoms with Gasteiger partial charge in [0.1, 0.15) is 17.3 Å². The number of nitrogens with one attached hydrogen (secondary N) is 1. The molecule has 5 nitrogen and oxygen atoms in total. The average molecular weight is 348 g/mol. The normalized spacial score (nSPS) is 12.3. The van der Waals surface area contributed by atoms with Crippen molar-refractivity contribution in [1.29, 1.82) is 0 Å². The number of hydrogen-bond acceptors (Lipinski definition) is 4. The molecule has 1 aliphatic heterocycles. The second-order valence-corrected chi connectivity index (χ2v) is 6.78. The summed E-state index contributed by atoms with van der Waals surface area (Å²) in [6.45, 7) is 5.96. The zero-order valence-corrected chi connectivity index (χ0v) is 15.0. The van der Waals surface area contributed by atoms with Crippen molar-refractivity contribution in [2.24, 2.45) is 0 Å². The van der Waals surface area contributed by atoms with Crippen molar-refractivity contribution in [2.45, 2.75) is 33.3 Å². The second-order valence-electron chi connectivity index (χ2n) is 6.78. The molecule has 1 aliphatic rings. The van der Waals surface area contributed by atoms with E-state index < -0.39 is 0 Å². The van der Waals surface area contributed by atoms with Crippen molar-refractivity contribution in [3.63, 3.8) is 0 Å². The van der Waals surface area contributed by atoms with Gasteiger partial charge >= 0.3 is 0 Å². The molecule has 0 fully saturated rings. The molecule has 2 aromatic carbocycles. The standard InChI is InChI=1S/C21H20N2O3/c1-12(2)25-16-6-4-5-14(10-16)19-22-20(24)17-11-15-9-13(3)7-8-18(15)26-21(17)23-19/h4-10,12H,11H2,1-3H3,(H,22,23,24). The first-order valence-corrected chi connectivity index (χ1v) is 8.67. The van der Waals surface area contributed by atoms with Crippen LogP contribution in [-0.2, 0) is 6.42 Å². The molecule has 2 heterocycles. The molecular weight excluding hydrogens is 328 g/mol. The van der Waals surface area contributed by atoms with Crippen molar-refractivity contribution in [3.8, 4) is 28.8 Å². The number of aryl methyl sites for hydroxylation is 1. The monoisotopic (exact) mass is 348 g/mol. The Hall–Kier alpha value is -3.08. The van der Waals surface area contributed by atoms with Gasteiger partial charge in [-0.05, 0) is 44.5 Å². The number of H-pyrrole nitrogens is 1. The van der Waals surface area contributed by atoms with Crippen LogP contribution in [0.15, 0.2) is 47.3 Å². The molecule has 0 saturated heterocycles. The Balaban J connectivity index is 1.74. The summed E-state index contributed by atoms with van der Waals surface area (Å²) < 4.78 is 11.6. The highest BCUT2D eigenvalue weighted by Gasteiger charge is 2.22. The minimum Gasteiger partial charge on any atom is -0.491 e. The fourth-order valence-corrected chi connectivity index (χ4v) is 3.08. The van der Waals surface area contributed by atoms with Gasteiger partial charge in [-0.3, -0.25) is 4.79 Å². The van der Waals surface area contributed by atoms with Gasteiger partial charge in [-0.2, -0.15) is 4.98 Å². The highest BCUT2D eigenvalue weighted by Crippen LogP contribution is 2.35. The van der Waals surface area contributed by atoms with E-state index in [0.717, 1.165) is 28.2 Å². The number of fused-ring (bicyclic) bond motifs is 2. The Morgan fingerprint density at radius 3 is 2.85 bits per heavy atom. The molecule has 3 aromatic rings. The molecule has 4 rings (SSSR count). The lowest BCUT2D eigenvalue weighted by Gasteiger charge is -2.19. The Labute approximate surface area is 151 Å². The molecule has 0 amide bonds. The van der Waals surface area contributed by atoms with Crippen molar-refractivity contribution < 1.29 is 9.47 Å². The predicted molar refractivity (Wildman–Crippen MR) is 100 cm³/mol. The molecule has 132 valence electrons. The summed E-state index contributed by atoms with van der Waals surface area (Å²) in [6.07, 6.45) is 0.593. The fraction of sp³-hybridized carbons (Fsp3) is 0.238. The molecular formula is C21H20N2O3. The third-order valence-electron chi connectivity index (χ3n) is 4.25. The number of nitrogens with zero attached hydrogens (tertiary/aromatic N) is 1. The van der Waals surface area contributed by atoms with E-state index in [2.05, 4.69) is 9.97 Å². The van der Waals surface area contributed by atoms with Gasteiger partial charge in [-0.25, -0.2) is 0 Å². The number of rotatable bonds is 3. The summed E-state index contributed by atoms with van der Waals surface area (Å²) in [5, 5.41) is 0. The maximum absolute atomic E-state index is 12.6. The predicted octanol–water partition coefficient (Wildman–Crippen LogP) is 4.23. The van der Waals surface area contributed by atoms with Crippen LogP contribution in [0.3, 0.4) is 0 Å². The van der Waals surface area contributed by atoms with Crippen molar-refractivity contribution in [2.75, 3.05) is 0 Å². The lowest BCUT2D eigenvalue weighted by molar-refractivity contribution is 0.242. The summed E-state index contributed by atoms with van der Waals surface area (Å²) >= 11 is 0. The molecule has 0 atom stereocenters. The molecule has 0 saturated carbocycles. The first-order valence-electron chi connectivity index (χ1n) is 8.67. The molecule has 1 N–H and O–H groups in total.